The Balaban J connectivity index is 1.65. The first-order chi connectivity index (χ1) is 13.3. The zero-order valence-electron chi connectivity index (χ0n) is 17.3. The zero-order chi connectivity index (χ0) is 20.1. The van der Waals surface area contributed by atoms with Crippen LogP contribution in [-0.2, 0) is 23.9 Å². The Bertz CT molecular complexity index is 725. The fourth-order valence-electron chi connectivity index (χ4n) is 7.21. The Hall–Kier alpha value is -1.65. The average molecular weight is 389 g/mol. The topological polar surface area (TPSA) is 69.7 Å². The third-order valence-corrected chi connectivity index (χ3v) is 8.44. The van der Waals surface area contributed by atoms with Crippen molar-refractivity contribution < 1.29 is 23.9 Å². The third kappa shape index (κ3) is 3.02. The Labute approximate surface area is 167 Å². The fraction of sp³-hybridized carbons (Fsp3) is 0.783. The molecule has 0 bridgehead atoms. The van der Waals surface area contributed by atoms with E-state index in [-0.39, 0.29) is 34.7 Å². The summed E-state index contributed by atoms with van der Waals surface area (Å²) in [7, 11) is 0. The predicted octanol–water partition coefficient (Wildman–Crippen LogP) is 3.99. The van der Waals surface area contributed by atoms with Crippen molar-refractivity contribution in [2.24, 2.45) is 28.6 Å². The number of fused-ring (bicyclic) bond motifs is 5. The molecule has 4 rings (SSSR count). The zero-order valence-corrected chi connectivity index (χ0v) is 17.3. The van der Waals surface area contributed by atoms with Crippen molar-refractivity contribution >= 4 is 17.7 Å². The molecule has 0 spiro atoms. The summed E-state index contributed by atoms with van der Waals surface area (Å²) in [6.07, 6.45) is 9.33. The molecule has 0 saturated heterocycles. The quantitative estimate of drug-likeness (QED) is 0.684. The number of esters is 2. The van der Waals surface area contributed by atoms with E-state index < -0.39 is 0 Å². The number of carbonyl (C=O) groups excluding carboxylic acids is 3. The van der Waals surface area contributed by atoms with Crippen LogP contribution >= 0.6 is 0 Å². The smallest absolute Gasteiger partial charge is 0.302 e. The maximum Gasteiger partial charge on any atom is 0.302 e. The minimum Gasteiger partial charge on any atom is -0.465 e. The molecule has 4 aliphatic rings. The lowest BCUT2D eigenvalue weighted by Gasteiger charge is -2.58. The second-order valence-electron chi connectivity index (χ2n) is 9.71. The minimum atomic E-state index is -0.246. The van der Waals surface area contributed by atoms with E-state index in [0.717, 1.165) is 44.9 Å². The molecule has 3 saturated carbocycles. The number of ether oxygens (including phenoxy) is 2. The minimum absolute atomic E-state index is 0.0187. The lowest BCUT2D eigenvalue weighted by molar-refractivity contribution is -0.159. The lowest BCUT2D eigenvalue weighted by atomic mass is 9.47. The first-order valence-electron chi connectivity index (χ1n) is 10.8. The van der Waals surface area contributed by atoms with Gasteiger partial charge in [-0.05, 0) is 68.8 Å². The highest BCUT2D eigenvalue weighted by Gasteiger charge is 2.61. The number of hydrogen-bond donors (Lipinski definition) is 0. The second-order valence-corrected chi connectivity index (χ2v) is 9.71. The van der Waals surface area contributed by atoms with Gasteiger partial charge in [0.15, 0.2) is 5.78 Å². The number of ketones is 1. The molecule has 0 unspecified atom stereocenters. The Kier molecular flexibility index (Phi) is 4.91. The molecule has 0 aromatic carbocycles. The molecule has 0 radical (unpaired) electrons. The van der Waals surface area contributed by atoms with Crippen molar-refractivity contribution in [3.63, 3.8) is 0 Å². The van der Waals surface area contributed by atoms with E-state index in [4.69, 9.17) is 9.47 Å². The van der Waals surface area contributed by atoms with Crippen LogP contribution in [0.3, 0.4) is 0 Å². The van der Waals surface area contributed by atoms with Crippen LogP contribution in [0.2, 0.25) is 0 Å². The number of hydrogen-bond acceptors (Lipinski definition) is 5. The average Bonchev–Trinajstić information content (AvgIpc) is 2.96. The summed E-state index contributed by atoms with van der Waals surface area (Å²) < 4.78 is 11.3. The van der Waals surface area contributed by atoms with Crippen LogP contribution in [-0.4, -0.2) is 30.4 Å². The highest BCUT2D eigenvalue weighted by Crippen LogP contribution is 2.65. The van der Waals surface area contributed by atoms with Crippen LogP contribution in [0, 0.1) is 28.6 Å². The van der Waals surface area contributed by atoms with Crippen LogP contribution < -0.4 is 0 Å². The lowest BCUT2D eigenvalue weighted by Crippen LogP contribution is -2.54. The van der Waals surface area contributed by atoms with E-state index in [0.29, 0.717) is 30.8 Å². The molecule has 28 heavy (non-hydrogen) atoms. The fourth-order valence-corrected chi connectivity index (χ4v) is 7.21. The standard InChI is InChI=1S/C23H32O5/c1-14(24)27-13-23-11-8-17(26)12-16(23)4-5-18-19-6-7-21(28-15(2)25)22(19,3)10-9-20(18)23/h12,18-21H,4-11,13H2,1-3H3/t18-,19-,20-,21-,22-,23-/m1/s1. The molecule has 3 fully saturated rings. The molecule has 6 atom stereocenters. The molecular formula is C23H32O5. The van der Waals surface area contributed by atoms with Gasteiger partial charge in [0.2, 0.25) is 0 Å². The van der Waals surface area contributed by atoms with Crippen molar-refractivity contribution in [2.45, 2.75) is 78.2 Å². The van der Waals surface area contributed by atoms with Crippen molar-refractivity contribution in [3.8, 4) is 0 Å². The van der Waals surface area contributed by atoms with Crippen molar-refractivity contribution in [2.75, 3.05) is 6.61 Å². The first kappa shape index (κ1) is 19.7. The van der Waals surface area contributed by atoms with E-state index in [9.17, 15) is 14.4 Å². The van der Waals surface area contributed by atoms with E-state index >= 15 is 0 Å². The van der Waals surface area contributed by atoms with Gasteiger partial charge >= 0.3 is 11.9 Å². The van der Waals surface area contributed by atoms with Crippen molar-refractivity contribution in [3.05, 3.63) is 11.6 Å². The maximum atomic E-state index is 12.1. The van der Waals surface area contributed by atoms with Crippen molar-refractivity contribution in [1.29, 1.82) is 0 Å². The molecule has 0 heterocycles. The molecule has 5 heteroatoms. The van der Waals surface area contributed by atoms with Crippen LogP contribution in [0.5, 0.6) is 0 Å². The van der Waals surface area contributed by atoms with Gasteiger partial charge in [0.25, 0.3) is 0 Å². The summed E-state index contributed by atoms with van der Waals surface area (Å²) in [5, 5.41) is 0. The highest BCUT2D eigenvalue weighted by atomic mass is 16.5. The summed E-state index contributed by atoms with van der Waals surface area (Å²) in [6, 6.07) is 0. The second kappa shape index (κ2) is 7.00. The van der Waals surface area contributed by atoms with E-state index in [1.807, 2.05) is 6.08 Å². The number of carbonyl (C=O) groups is 3. The summed E-state index contributed by atoms with van der Waals surface area (Å²) in [5.41, 5.74) is 1.08. The van der Waals surface area contributed by atoms with Gasteiger partial charge in [-0.25, -0.2) is 0 Å². The molecule has 0 N–H and O–H groups in total. The molecule has 0 aromatic heterocycles. The van der Waals surface area contributed by atoms with Crippen LogP contribution in [0.15, 0.2) is 11.6 Å². The number of rotatable bonds is 3. The summed E-state index contributed by atoms with van der Waals surface area (Å²) in [4.78, 5) is 35.3. The van der Waals surface area contributed by atoms with Crippen molar-refractivity contribution in [1.82, 2.24) is 0 Å². The molecule has 0 aromatic rings. The molecule has 5 nitrogen and oxygen atoms in total. The van der Waals surface area contributed by atoms with Gasteiger partial charge in [-0.15, -0.1) is 0 Å². The SMILES string of the molecule is CC(=O)OC[C@]12CCC(=O)C=C1CC[C@H]1[C@H]2CC[C@]2(C)[C@@H]1CC[C@H]2OC(C)=O. The van der Waals surface area contributed by atoms with Gasteiger partial charge in [-0.3, -0.25) is 14.4 Å². The highest BCUT2D eigenvalue weighted by molar-refractivity contribution is 5.91. The monoisotopic (exact) mass is 388 g/mol. The van der Waals surface area contributed by atoms with Gasteiger partial charge in [-0.2, -0.15) is 0 Å². The molecular weight excluding hydrogens is 356 g/mol. The molecule has 0 amide bonds. The van der Waals surface area contributed by atoms with Crippen LogP contribution in [0.4, 0.5) is 0 Å². The maximum absolute atomic E-state index is 12.1. The molecule has 154 valence electrons. The van der Waals surface area contributed by atoms with Crippen LogP contribution in [0.25, 0.3) is 0 Å². The van der Waals surface area contributed by atoms with E-state index in [1.165, 1.54) is 19.4 Å². The Morgan fingerprint density at radius 3 is 2.54 bits per heavy atom. The Morgan fingerprint density at radius 2 is 1.82 bits per heavy atom. The van der Waals surface area contributed by atoms with Gasteiger partial charge in [0.1, 0.15) is 12.7 Å². The van der Waals surface area contributed by atoms with E-state index in [1.54, 1.807) is 0 Å². The largest absolute Gasteiger partial charge is 0.465 e. The molecule has 0 aliphatic heterocycles. The summed E-state index contributed by atoms with van der Waals surface area (Å²) in [5.74, 6) is 1.30. The summed E-state index contributed by atoms with van der Waals surface area (Å²) in [6.45, 7) is 5.68. The van der Waals surface area contributed by atoms with Gasteiger partial charge in [-0.1, -0.05) is 12.5 Å². The van der Waals surface area contributed by atoms with Crippen LogP contribution in [0.1, 0.15) is 72.1 Å². The molecule has 4 aliphatic carbocycles. The Morgan fingerprint density at radius 1 is 1.04 bits per heavy atom. The van der Waals surface area contributed by atoms with Gasteiger partial charge < -0.3 is 9.47 Å². The summed E-state index contributed by atoms with van der Waals surface area (Å²) >= 11 is 0. The van der Waals surface area contributed by atoms with E-state index in [2.05, 4.69) is 6.92 Å². The van der Waals surface area contributed by atoms with Gasteiger partial charge in [0, 0.05) is 31.1 Å². The van der Waals surface area contributed by atoms with Gasteiger partial charge in [0.05, 0.1) is 0 Å². The third-order valence-electron chi connectivity index (χ3n) is 8.44. The first-order valence-corrected chi connectivity index (χ1v) is 10.8. The normalized spacial score (nSPS) is 42.0. The predicted molar refractivity (Wildman–Crippen MR) is 103 cm³/mol.